The lowest BCUT2D eigenvalue weighted by molar-refractivity contribution is -0.115. The van der Waals surface area contributed by atoms with E-state index in [0.29, 0.717) is 29.6 Å². The summed E-state index contributed by atoms with van der Waals surface area (Å²) in [5.41, 5.74) is 2.76. The lowest BCUT2D eigenvalue weighted by atomic mass is 10.0. The van der Waals surface area contributed by atoms with E-state index < -0.39 is 0 Å². The number of ether oxygens (including phenoxy) is 2. The van der Waals surface area contributed by atoms with Crippen LogP contribution in [0.4, 0.5) is 5.82 Å². The largest absolute Gasteiger partial charge is 0.493 e. The van der Waals surface area contributed by atoms with Crippen molar-refractivity contribution in [3.63, 3.8) is 0 Å². The third-order valence-corrected chi connectivity index (χ3v) is 6.65. The lowest BCUT2D eigenvalue weighted by Gasteiger charge is -2.11. The van der Waals surface area contributed by atoms with Crippen molar-refractivity contribution in [3.8, 4) is 22.1 Å². The van der Waals surface area contributed by atoms with Crippen molar-refractivity contribution in [1.82, 2.24) is 14.8 Å². The number of fused-ring (bicyclic) bond motifs is 1. The second kappa shape index (κ2) is 9.99. The molecule has 0 aliphatic rings. The molecule has 35 heavy (non-hydrogen) atoms. The molecule has 0 fully saturated rings. The highest BCUT2D eigenvalue weighted by Gasteiger charge is 2.14. The van der Waals surface area contributed by atoms with Crippen LogP contribution in [-0.4, -0.2) is 34.9 Å². The summed E-state index contributed by atoms with van der Waals surface area (Å²) in [6.45, 7) is 0.560. The topological polar surface area (TPSA) is 78.3 Å². The van der Waals surface area contributed by atoms with Gasteiger partial charge in [-0.1, -0.05) is 42.5 Å². The van der Waals surface area contributed by atoms with E-state index in [1.165, 1.54) is 22.1 Å². The van der Waals surface area contributed by atoms with E-state index in [-0.39, 0.29) is 12.3 Å². The Bertz CT molecular complexity index is 1490. The van der Waals surface area contributed by atoms with Crippen LogP contribution >= 0.6 is 11.3 Å². The first kappa shape index (κ1) is 22.6. The highest BCUT2D eigenvalue weighted by Crippen LogP contribution is 2.33. The zero-order valence-corrected chi connectivity index (χ0v) is 20.2. The molecular formula is C27H24N4O3S. The Morgan fingerprint density at radius 3 is 2.69 bits per heavy atom. The third-order valence-electron chi connectivity index (χ3n) is 5.71. The standard InChI is InChI=1S/C27H24N4O3S/c1-33-23-11-10-19(14-24(23)34-2)27-29-21(17-35-27)15-26(32)30-25-12-13-28-31(25)16-20-8-5-7-18-6-3-4-9-22(18)20/h3-14,17H,15-16H2,1-2H3,(H,30,32). The molecule has 5 aromatic rings. The molecule has 0 bridgehead atoms. The number of nitrogens with zero attached hydrogens (tertiary/aromatic N) is 3. The van der Waals surface area contributed by atoms with Crippen molar-refractivity contribution in [2.24, 2.45) is 0 Å². The molecule has 0 unspecified atom stereocenters. The van der Waals surface area contributed by atoms with Gasteiger partial charge in [0.15, 0.2) is 11.5 Å². The number of methoxy groups -OCH3 is 2. The van der Waals surface area contributed by atoms with E-state index in [1.807, 2.05) is 41.8 Å². The first-order chi connectivity index (χ1) is 17.1. The van der Waals surface area contributed by atoms with Crippen molar-refractivity contribution >= 4 is 33.8 Å². The maximum atomic E-state index is 12.8. The molecule has 0 atom stereocenters. The van der Waals surface area contributed by atoms with E-state index in [2.05, 4.69) is 39.7 Å². The number of rotatable bonds is 8. The number of anilines is 1. The number of thiazole rings is 1. The number of carbonyl (C=O) groups excluding carboxylic acids is 1. The molecule has 0 saturated heterocycles. The molecule has 3 aromatic carbocycles. The van der Waals surface area contributed by atoms with Gasteiger partial charge < -0.3 is 14.8 Å². The van der Waals surface area contributed by atoms with Crippen LogP contribution in [-0.2, 0) is 17.8 Å². The Balaban J connectivity index is 1.28. The fraction of sp³-hybridized carbons (Fsp3) is 0.148. The zero-order chi connectivity index (χ0) is 24.2. The first-order valence-electron chi connectivity index (χ1n) is 11.1. The van der Waals surface area contributed by atoms with Crippen LogP contribution in [0.3, 0.4) is 0 Å². The van der Waals surface area contributed by atoms with Crippen LogP contribution in [0, 0.1) is 0 Å². The van der Waals surface area contributed by atoms with Crippen molar-refractivity contribution in [3.05, 3.63) is 89.6 Å². The number of aromatic nitrogens is 3. The van der Waals surface area contributed by atoms with E-state index in [9.17, 15) is 4.79 Å². The summed E-state index contributed by atoms with van der Waals surface area (Å²) >= 11 is 1.49. The summed E-state index contributed by atoms with van der Waals surface area (Å²) in [4.78, 5) is 17.4. The average molecular weight is 485 g/mol. The quantitative estimate of drug-likeness (QED) is 0.319. The van der Waals surface area contributed by atoms with Gasteiger partial charge in [0, 0.05) is 17.0 Å². The monoisotopic (exact) mass is 484 g/mol. The molecule has 0 spiro atoms. The van der Waals surface area contributed by atoms with Crippen molar-refractivity contribution < 1.29 is 14.3 Å². The van der Waals surface area contributed by atoms with Gasteiger partial charge in [-0.2, -0.15) is 5.10 Å². The van der Waals surface area contributed by atoms with Crippen LogP contribution in [0.1, 0.15) is 11.3 Å². The number of hydrogen-bond donors (Lipinski definition) is 1. The number of benzene rings is 3. The minimum atomic E-state index is -0.145. The van der Waals surface area contributed by atoms with Gasteiger partial charge >= 0.3 is 0 Å². The second-order valence-electron chi connectivity index (χ2n) is 7.95. The van der Waals surface area contributed by atoms with Crippen molar-refractivity contribution in [2.45, 2.75) is 13.0 Å². The molecule has 1 N–H and O–H groups in total. The molecule has 2 heterocycles. The number of carbonyl (C=O) groups is 1. The van der Waals surface area contributed by atoms with E-state index in [1.54, 1.807) is 31.2 Å². The maximum absolute atomic E-state index is 12.8. The molecule has 0 aliphatic carbocycles. The highest BCUT2D eigenvalue weighted by atomic mass is 32.1. The molecular weight excluding hydrogens is 460 g/mol. The molecule has 0 saturated carbocycles. The van der Waals surface area contributed by atoms with Gasteiger partial charge in [-0.25, -0.2) is 9.67 Å². The molecule has 5 rings (SSSR count). The molecule has 0 radical (unpaired) electrons. The number of amides is 1. The Labute approximate surface area is 207 Å². The Kier molecular flexibility index (Phi) is 6.45. The van der Waals surface area contributed by atoms with Gasteiger partial charge in [-0.15, -0.1) is 11.3 Å². The van der Waals surface area contributed by atoms with E-state index in [4.69, 9.17) is 9.47 Å². The van der Waals surface area contributed by atoms with Crippen molar-refractivity contribution in [1.29, 1.82) is 0 Å². The molecule has 2 aromatic heterocycles. The van der Waals surface area contributed by atoms with Crippen LogP contribution in [0.2, 0.25) is 0 Å². The molecule has 176 valence electrons. The summed E-state index contributed by atoms with van der Waals surface area (Å²) in [6, 6.07) is 21.9. The lowest BCUT2D eigenvalue weighted by Crippen LogP contribution is -2.18. The summed E-state index contributed by atoms with van der Waals surface area (Å²) in [5.74, 6) is 1.80. The predicted molar refractivity (Wildman–Crippen MR) is 138 cm³/mol. The predicted octanol–water partition coefficient (Wildman–Crippen LogP) is 5.41. The molecule has 7 nitrogen and oxygen atoms in total. The van der Waals surface area contributed by atoms with Gasteiger partial charge in [0.25, 0.3) is 0 Å². The SMILES string of the molecule is COc1ccc(-c2nc(CC(=O)Nc3ccnn3Cc3cccc4ccccc34)cs2)cc1OC. The van der Waals surface area contributed by atoms with Gasteiger partial charge in [-0.3, -0.25) is 4.79 Å². The molecule has 8 heteroatoms. The number of hydrogen-bond acceptors (Lipinski definition) is 6. The molecule has 0 aliphatic heterocycles. The fourth-order valence-corrected chi connectivity index (χ4v) is 4.81. The van der Waals surface area contributed by atoms with Gasteiger partial charge in [0.05, 0.1) is 39.1 Å². The highest BCUT2D eigenvalue weighted by molar-refractivity contribution is 7.13. The maximum Gasteiger partial charge on any atom is 0.231 e. The van der Waals surface area contributed by atoms with Gasteiger partial charge in [-0.05, 0) is 34.5 Å². The third kappa shape index (κ3) is 4.88. The van der Waals surface area contributed by atoms with Crippen LogP contribution < -0.4 is 14.8 Å². The summed E-state index contributed by atoms with van der Waals surface area (Å²) in [5, 5.41) is 12.5. The average Bonchev–Trinajstić information content (AvgIpc) is 3.53. The summed E-state index contributed by atoms with van der Waals surface area (Å²) in [6.07, 6.45) is 1.86. The number of nitrogens with one attached hydrogen (secondary N) is 1. The summed E-state index contributed by atoms with van der Waals surface area (Å²) in [7, 11) is 3.20. The summed E-state index contributed by atoms with van der Waals surface area (Å²) < 4.78 is 12.5. The van der Waals surface area contributed by atoms with Crippen molar-refractivity contribution in [2.75, 3.05) is 19.5 Å². The minimum Gasteiger partial charge on any atom is -0.493 e. The van der Waals surface area contributed by atoms with Gasteiger partial charge in [0.2, 0.25) is 5.91 Å². The zero-order valence-electron chi connectivity index (χ0n) is 19.4. The fourth-order valence-electron chi connectivity index (χ4n) is 4.00. The Hall–Kier alpha value is -4.17. The Morgan fingerprint density at radius 2 is 1.83 bits per heavy atom. The smallest absolute Gasteiger partial charge is 0.231 e. The van der Waals surface area contributed by atoms with E-state index >= 15 is 0 Å². The first-order valence-corrected chi connectivity index (χ1v) is 12.0. The minimum absolute atomic E-state index is 0.145. The van der Waals surface area contributed by atoms with Gasteiger partial charge in [0.1, 0.15) is 10.8 Å². The Morgan fingerprint density at radius 1 is 1.00 bits per heavy atom. The molecule has 1 amide bonds. The van der Waals surface area contributed by atoms with Crippen LogP contribution in [0.5, 0.6) is 11.5 Å². The second-order valence-corrected chi connectivity index (χ2v) is 8.81. The normalized spacial score (nSPS) is 10.9. The van der Waals surface area contributed by atoms with E-state index in [0.717, 1.165) is 16.1 Å². The van der Waals surface area contributed by atoms with Crippen LogP contribution in [0.25, 0.3) is 21.3 Å². The van der Waals surface area contributed by atoms with Crippen LogP contribution in [0.15, 0.2) is 78.3 Å².